The number of nitrogens with two attached hydrogens (primary N) is 1. The molecule has 0 aromatic heterocycles. The third-order valence-corrected chi connectivity index (χ3v) is 6.55. The second kappa shape index (κ2) is 14.4. The highest BCUT2D eigenvalue weighted by Gasteiger charge is 2.14. The summed E-state index contributed by atoms with van der Waals surface area (Å²) in [5.41, 5.74) is 11.8. The number of carbonyl (C=O) groups is 1. The molecule has 0 fully saturated rings. The zero-order valence-electron chi connectivity index (χ0n) is 24.2. The van der Waals surface area contributed by atoms with Crippen LogP contribution < -0.4 is 40.6 Å². The molecule has 0 radical (unpaired) electrons. The summed E-state index contributed by atoms with van der Waals surface area (Å²) in [6, 6.07) is 24.8. The molecular weight excluding hydrogens is 532 g/mol. The quantitative estimate of drug-likeness (QED) is 0.112. The number of nitrogens with one attached hydrogen (secondary N) is 3. The summed E-state index contributed by atoms with van der Waals surface area (Å²) < 4.78 is 21.9. The van der Waals surface area contributed by atoms with Crippen LogP contribution in [0.15, 0.2) is 84.9 Å². The molecule has 5 N–H and O–H groups in total. The minimum Gasteiger partial charge on any atom is -0.496 e. The molecule has 0 aliphatic rings. The number of rotatable bonds is 13. The van der Waals surface area contributed by atoms with Crippen LogP contribution >= 0.6 is 0 Å². The van der Waals surface area contributed by atoms with Crippen molar-refractivity contribution in [2.24, 2.45) is 0 Å². The molecular formula is C33H36N4O5. The minimum absolute atomic E-state index is 0.242. The van der Waals surface area contributed by atoms with Gasteiger partial charge in [-0.1, -0.05) is 36.4 Å². The molecule has 1 amide bonds. The average molecular weight is 569 g/mol. The van der Waals surface area contributed by atoms with E-state index in [4.69, 9.17) is 24.7 Å². The van der Waals surface area contributed by atoms with Crippen LogP contribution in [0.3, 0.4) is 0 Å². The van der Waals surface area contributed by atoms with Gasteiger partial charge in [0.05, 0.1) is 39.8 Å². The van der Waals surface area contributed by atoms with Crippen LogP contribution in [-0.2, 0) is 17.9 Å². The first kappa shape index (κ1) is 29.7. The maximum absolute atomic E-state index is 12.3. The third-order valence-electron chi connectivity index (χ3n) is 6.55. The van der Waals surface area contributed by atoms with Crippen LogP contribution in [0.2, 0.25) is 0 Å². The normalized spacial score (nSPS) is 10.7. The molecule has 0 saturated heterocycles. The molecule has 0 heterocycles. The van der Waals surface area contributed by atoms with Gasteiger partial charge in [-0.25, -0.2) is 0 Å². The minimum atomic E-state index is -0.242. The predicted molar refractivity (Wildman–Crippen MR) is 169 cm³/mol. The lowest BCUT2D eigenvalue weighted by atomic mass is 10.1. The molecule has 218 valence electrons. The van der Waals surface area contributed by atoms with Crippen LogP contribution in [0.4, 0.5) is 22.7 Å². The van der Waals surface area contributed by atoms with Gasteiger partial charge >= 0.3 is 0 Å². The number of carbonyl (C=O) groups excluding carboxylic acids is 1. The van der Waals surface area contributed by atoms with Gasteiger partial charge in [-0.2, -0.15) is 0 Å². The maximum Gasteiger partial charge on any atom is 0.248 e. The van der Waals surface area contributed by atoms with E-state index in [1.165, 1.54) is 6.08 Å². The number of methoxy groups -OCH3 is 4. The molecule has 0 saturated carbocycles. The van der Waals surface area contributed by atoms with E-state index in [-0.39, 0.29) is 5.91 Å². The molecule has 4 aromatic rings. The van der Waals surface area contributed by atoms with Gasteiger partial charge in [0.2, 0.25) is 11.7 Å². The Balaban J connectivity index is 1.36. The summed E-state index contributed by atoms with van der Waals surface area (Å²) in [4.78, 5) is 12.3. The van der Waals surface area contributed by atoms with Gasteiger partial charge in [0.25, 0.3) is 0 Å². The van der Waals surface area contributed by atoms with Crippen LogP contribution in [0.5, 0.6) is 23.0 Å². The number of para-hydroxylation sites is 2. The van der Waals surface area contributed by atoms with E-state index >= 15 is 0 Å². The Morgan fingerprint density at radius 2 is 1.40 bits per heavy atom. The lowest BCUT2D eigenvalue weighted by molar-refractivity contribution is -0.111. The fourth-order valence-electron chi connectivity index (χ4n) is 4.32. The molecule has 9 heteroatoms. The van der Waals surface area contributed by atoms with E-state index in [0.29, 0.717) is 41.7 Å². The molecule has 0 bridgehead atoms. The molecule has 0 aliphatic carbocycles. The Morgan fingerprint density at radius 1 is 0.738 bits per heavy atom. The third kappa shape index (κ3) is 7.66. The van der Waals surface area contributed by atoms with E-state index in [9.17, 15) is 4.79 Å². The zero-order chi connectivity index (χ0) is 29.9. The topological polar surface area (TPSA) is 116 Å². The highest BCUT2D eigenvalue weighted by molar-refractivity contribution is 6.03. The Bertz CT molecular complexity index is 1510. The number of nitrogen functional groups attached to an aromatic ring is 1. The molecule has 0 spiro atoms. The van der Waals surface area contributed by atoms with Crippen LogP contribution in [0, 0.1) is 0 Å². The van der Waals surface area contributed by atoms with E-state index in [1.807, 2.05) is 60.7 Å². The number of anilines is 4. The highest BCUT2D eigenvalue weighted by atomic mass is 16.5. The van der Waals surface area contributed by atoms with E-state index in [1.54, 1.807) is 46.6 Å². The van der Waals surface area contributed by atoms with Crippen molar-refractivity contribution in [1.29, 1.82) is 0 Å². The van der Waals surface area contributed by atoms with Gasteiger partial charge in [0.15, 0.2) is 11.5 Å². The number of benzene rings is 4. The zero-order valence-corrected chi connectivity index (χ0v) is 24.2. The molecule has 0 atom stereocenters. The molecule has 0 unspecified atom stereocenters. The van der Waals surface area contributed by atoms with Gasteiger partial charge in [-0.3, -0.25) is 4.79 Å². The number of amides is 1. The summed E-state index contributed by atoms with van der Waals surface area (Å²) >= 11 is 0. The van der Waals surface area contributed by atoms with Crippen molar-refractivity contribution >= 4 is 34.7 Å². The van der Waals surface area contributed by atoms with E-state index < -0.39 is 0 Å². The Morgan fingerprint density at radius 3 is 2.05 bits per heavy atom. The van der Waals surface area contributed by atoms with Gasteiger partial charge in [-0.05, 0) is 47.5 Å². The fraction of sp³-hybridized carbons (Fsp3) is 0.182. The van der Waals surface area contributed by atoms with Crippen molar-refractivity contribution in [3.8, 4) is 23.0 Å². The monoisotopic (exact) mass is 568 g/mol. The van der Waals surface area contributed by atoms with Gasteiger partial charge in [0, 0.05) is 48.2 Å². The van der Waals surface area contributed by atoms with E-state index in [0.717, 1.165) is 33.8 Å². The van der Waals surface area contributed by atoms with Gasteiger partial charge < -0.3 is 40.6 Å². The lowest BCUT2D eigenvalue weighted by Crippen LogP contribution is -2.09. The largest absolute Gasteiger partial charge is 0.496 e. The number of ether oxygens (including phenoxy) is 4. The molecule has 9 nitrogen and oxygen atoms in total. The summed E-state index contributed by atoms with van der Waals surface area (Å²) in [7, 11) is 6.41. The lowest BCUT2D eigenvalue weighted by Gasteiger charge is -2.16. The molecule has 42 heavy (non-hydrogen) atoms. The molecule has 0 aliphatic heterocycles. The Labute approximate surface area is 246 Å². The first-order valence-electron chi connectivity index (χ1n) is 13.3. The fourth-order valence-corrected chi connectivity index (χ4v) is 4.32. The van der Waals surface area contributed by atoms with Gasteiger partial charge in [-0.15, -0.1) is 0 Å². The van der Waals surface area contributed by atoms with Gasteiger partial charge in [0.1, 0.15) is 5.75 Å². The second-order valence-corrected chi connectivity index (χ2v) is 9.30. The number of hydrogen-bond acceptors (Lipinski definition) is 8. The standard InChI is InChI=1S/C33H36N4O5/c1-39-29-15-14-25(17-24(29)21-36-26-18-30(40-2)33(42-4)31(19-26)41-3)35-20-23-11-9-22(10-12-23)13-16-32(38)37-28-8-6-5-7-27(28)34/h5-19,35-36H,20-21,34H2,1-4H3,(H,37,38). The predicted octanol–water partition coefficient (Wildman–Crippen LogP) is 6.18. The first-order valence-corrected chi connectivity index (χ1v) is 13.3. The van der Waals surface area contributed by atoms with Crippen molar-refractivity contribution in [3.63, 3.8) is 0 Å². The Kier molecular flexibility index (Phi) is 10.1. The van der Waals surface area contributed by atoms with E-state index in [2.05, 4.69) is 22.0 Å². The van der Waals surface area contributed by atoms with Crippen LogP contribution in [0.1, 0.15) is 16.7 Å². The molecule has 4 rings (SSSR count). The Hall–Kier alpha value is -5.31. The van der Waals surface area contributed by atoms with Crippen molar-refractivity contribution in [2.75, 3.05) is 50.1 Å². The highest BCUT2D eigenvalue weighted by Crippen LogP contribution is 2.40. The smallest absolute Gasteiger partial charge is 0.248 e. The molecule has 4 aromatic carbocycles. The van der Waals surface area contributed by atoms with Crippen LogP contribution in [-0.4, -0.2) is 34.3 Å². The van der Waals surface area contributed by atoms with Crippen molar-refractivity contribution in [3.05, 3.63) is 102 Å². The summed E-state index contributed by atoms with van der Waals surface area (Å²) in [6.45, 7) is 1.15. The van der Waals surface area contributed by atoms with Crippen molar-refractivity contribution < 1.29 is 23.7 Å². The maximum atomic E-state index is 12.3. The summed E-state index contributed by atoms with van der Waals surface area (Å²) in [6.07, 6.45) is 3.26. The second-order valence-electron chi connectivity index (χ2n) is 9.30. The summed E-state index contributed by atoms with van der Waals surface area (Å²) in [5.74, 6) is 2.22. The van der Waals surface area contributed by atoms with Crippen LogP contribution in [0.25, 0.3) is 6.08 Å². The van der Waals surface area contributed by atoms with Crippen molar-refractivity contribution in [1.82, 2.24) is 0 Å². The number of hydrogen-bond donors (Lipinski definition) is 4. The first-order chi connectivity index (χ1) is 20.4. The van der Waals surface area contributed by atoms with Crippen molar-refractivity contribution in [2.45, 2.75) is 13.1 Å². The summed E-state index contributed by atoms with van der Waals surface area (Å²) in [5, 5.41) is 9.67. The average Bonchev–Trinajstić information content (AvgIpc) is 3.02. The SMILES string of the molecule is COc1ccc(NCc2ccc(C=CC(=O)Nc3ccccc3N)cc2)cc1CNc1cc(OC)c(OC)c(OC)c1.